The fourth-order valence-electron chi connectivity index (χ4n) is 2.91. The third kappa shape index (κ3) is 4.27. The minimum Gasteiger partial charge on any atom is -0.340 e. The van der Waals surface area contributed by atoms with Gasteiger partial charge in [0.15, 0.2) is 0 Å². The molecule has 1 aromatic rings. The van der Waals surface area contributed by atoms with E-state index in [-0.39, 0.29) is 11.7 Å². The molecule has 1 aliphatic carbocycles. The number of carbonyl (C=O) groups is 1. The Morgan fingerprint density at radius 1 is 1.10 bits per heavy atom. The number of amides is 1. The standard InChI is InChI=1S/C17H23FN2O/c18-16-6-3-14(4-7-16)5-8-17(21)20-11-9-19(10-12-20)13-15-1-2-15/h3-4,6-7,15H,1-2,5,8-13H2. The largest absolute Gasteiger partial charge is 0.340 e. The van der Waals surface area contributed by atoms with Crippen LogP contribution in [-0.2, 0) is 11.2 Å². The highest BCUT2D eigenvalue weighted by atomic mass is 19.1. The SMILES string of the molecule is O=C(CCc1ccc(F)cc1)N1CCN(CC2CC2)CC1. The van der Waals surface area contributed by atoms with E-state index < -0.39 is 0 Å². The number of rotatable bonds is 5. The highest BCUT2D eigenvalue weighted by molar-refractivity contribution is 5.76. The molecule has 3 rings (SSSR count). The summed E-state index contributed by atoms with van der Waals surface area (Å²) in [6, 6.07) is 6.43. The van der Waals surface area contributed by atoms with Crippen molar-refractivity contribution in [3.8, 4) is 0 Å². The molecular formula is C17H23FN2O. The Kier molecular flexibility index (Phi) is 4.54. The second-order valence-corrected chi connectivity index (χ2v) is 6.25. The molecular weight excluding hydrogens is 267 g/mol. The first-order chi connectivity index (χ1) is 10.2. The van der Waals surface area contributed by atoms with Gasteiger partial charge < -0.3 is 4.90 Å². The normalized spacial score (nSPS) is 19.8. The van der Waals surface area contributed by atoms with Crippen LogP contribution in [0, 0.1) is 11.7 Å². The first-order valence-corrected chi connectivity index (χ1v) is 7.95. The Hall–Kier alpha value is -1.42. The van der Waals surface area contributed by atoms with Gasteiger partial charge in [0.1, 0.15) is 5.82 Å². The smallest absolute Gasteiger partial charge is 0.222 e. The number of aryl methyl sites for hydroxylation is 1. The molecule has 1 amide bonds. The van der Waals surface area contributed by atoms with E-state index in [1.807, 2.05) is 4.90 Å². The van der Waals surface area contributed by atoms with Crippen LogP contribution in [0.3, 0.4) is 0 Å². The second kappa shape index (κ2) is 6.56. The second-order valence-electron chi connectivity index (χ2n) is 6.25. The molecule has 1 aliphatic heterocycles. The van der Waals surface area contributed by atoms with Crippen LogP contribution in [0.2, 0.25) is 0 Å². The van der Waals surface area contributed by atoms with Gasteiger partial charge in [0, 0.05) is 39.1 Å². The fourth-order valence-corrected chi connectivity index (χ4v) is 2.91. The van der Waals surface area contributed by atoms with Crippen molar-refractivity contribution in [1.82, 2.24) is 9.80 Å². The van der Waals surface area contributed by atoms with Gasteiger partial charge in [-0.1, -0.05) is 12.1 Å². The van der Waals surface area contributed by atoms with Gasteiger partial charge in [-0.2, -0.15) is 0 Å². The third-order valence-corrected chi connectivity index (χ3v) is 4.48. The van der Waals surface area contributed by atoms with Crippen molar-refractivity contribution in [3.05, 3.63) is 35.6 Å². The van der Waals surface area contributed by atoms with Crippen molar-refractivity contribution in [3.63, 3.8) is 0 Å². The van der Waals surface area contributed by atoms with E-state index in [9.17, 15) is 9.18 Å². The zero-order valence-corrected chi connectivity index (χ0v) is 12.4. The van der Waals surface area contributed by atoms with Gasteiger partial charge in [-0.25, -0.2) is 4.39 Å². The van der Waals surface area contributed by atoms with Crippen LogP contribution in [0.4, 0.5) is 4.39 Å². The van der Waals surface area contributed by atoms with Crippen LogP contribution in [-0.4, -0.2) is 48.4 Å². The maximum Gasteiger partial charge on any atom is 0.222 e. The molecule has 0 N–H and O–H groups in total. The van der Waals surface area contributed by atoms with E-state index >= 15 is 0 Å². The lowest BCUT2D eigenvalue weighted by atomic mass is 10.1. The number of carbonyl (C=O) groups excluding carboxylic acids is 1. The summed E-state index contributed by atoms with van der Waals surface area (Å²) < 4.78 is 12.8. The molecule has 3 nitrogen and oxygen atoms in total. The zero-order valence-electron chi connectivity index (χ0n) is 12.4. The summed E-state index contributed by atoms with van der Waals surface area (Å²) in [6.45, 7) is 4.96. The highest BCUT2D eigenvalue weighted by Gasteiger charge is 2.27. The van der Waals surface area contributed by atoms with Gasteiger partial charge in [0.05, 0.1) is 0 Å². The predicted molar refractivity (Wildman–Crippen MR) is 80.5 cm³/mol. The molecule has 21 heavy (non-hydrogen) atoms. The van der Waals surface area contributed by atoms with Gasteiger partial charge >= 0.3 is 0 Å². The summed E-state index contributed by atoms with van der Waals surface area (Å²) in [4.78, 5) is 16.7. The quantitative estimate of drug-likeness (QED) is 0.831. The Balaban J connectivity index is 1.40. The van der Waals surface area contributed by atoms with Crippen molar-refractivity contribution in [1.29, 1.82) is 0 Å². The summed E-state index contributed by atoms with van der Waals surface area (Å²) in [5.41, 5.74) is 1.03. The van der Waals surface area contributed by atoms with E-state index in [1.54, 1.807) is 12.1 Å². The van der Waals surface area contributed by atoms with E-state index in [0.717, 1.165) is 37.7 Å². The molecule has 114 valence electrons. The summed E-state index contributed by atoms with van der Waals surface area (Å²) in [6.07, 6.45) is 3.99. The van der Waals surface area contributed by atoms with Crippen LogP contribution in [0.25, 0.3) is 0 Å². The first kappa shape index (κ1) is 14.5. The molecule has 0 radical (unpaired) electrons. The molecule has 0 spiro atoms. The molecule has 1 saturated heterocycles. The zero-order chi connectivity index (χ0) is 14.7. The number of nitrogens with zero attached hydrogens (tertiary/aromatic N) is 2. The average Bonchev–Trinajstić information content (AvgIpc) is 3.31. The van der Waals surface area contributed by atoms with Gasteiger partial charge in [0.25, 0.3) is 0 Å². The van der Waals surface area contributed by atoms with E-state index in [0.29, 0.717) is 12.8 Å². The molecule has 0 bridgehead atoms. The molecule has 0 atom stereocenters. The summed E-state index contributed by atoms with van der Waals surface area (Å²) in [5, 5.41) is 0. The lowest BCUT2D eigenvalue weighted by Crippen LogP contribution is -2.49. The summed E-state index contributed by atoms with van der Waals surface area (Å²) in [5.74, 6) is 0.924. The number of hydrogen-bond donors (Lipinski definition) is 0. The van der Waals surface area contributed by atoms with Crippen LogP contribution in [0.15, 0.2) is 24.3 Å². The third-order valence-electron chi connectivity index (χ3n) is 4.48. The highest BCUT2D eigenvalue weighted by Crippen LogP contribution is 2.29. The van der Waals surface area contributed by atoms with Crippen molar-refractivity contribution < 1.29 is 9.18 Å². The molecule has 1 aromatic carbocycles. The van der Waals surface area contributed by atoms with E-state index in [4.69, 9.17) is 0 Å². The van der Waals surface area contributed by atoms with Gasteiger partial charge in [0.2, 0.25) is 5.91 Å². The van der Waals surface area contributed by atoms with Gasteiger partial charge in [-0.3, -0.25) is 9.69 Å². The van der Waals surface area contributed by atoms with Crippen LogP contribution >= 0.6 is 0 Å². The number of halogens is 1. The molecule has 1 heterocycles. The van der Waals surface area contributed by atoms with E-state index in [2.05, 4.69) is 4.90 Å². The average molecular weight is 290 g/mol. The minimum absolute atomic E-state index is 0.225. The van der Waals surface area contributed by atoms with Crippen LogP contribution in [0.5, 0.6) is 0 Å². The van der Waals surface area contributed by atoms with Crippen LogP contribution in [0.1, 0.15) is 24.8 Å². The number of benzene rings is 1. The van der Waals surface area contributed by atoms with Crippen molar-refractivity contribution >= 4 is 5.91 Å². The van der Waals surface area contributed by atoms with Gasteiger partial charge in [-0.15, -0.1) is 0 Å². The molecule has 0 unspecified atom stereocenters. The number of piperazine rings is 1. The Morgan fingerprint density at radius 2 is 1.76 bits per heavy atom. The van der Waals surface area contributed by atoms with Gasteiger partial charge in [-0.05, 0) is 42.9 Å². The molecule has 4 heteroatoms. The Bertz CT molecular complexity index is 476. The maximum atomic E-state index is 12.8. The molecule has 0 aromatic heterocycles. The summed E-state index contributed by atoms with van der Waals surface area (Å²) >= 11 is 0. The maximum absolute atomic E-state index is 12.8. The van der Waals surface area contributed by atoms with Crippen molar-refractivity contribution in [2.24, 2.45) is 5.92 Å². The monoisotopic (exact) mass is 290 g/mol. The lowest BCUT2D eigenvalue weighted by molar-refractivity contribution is -0.132. The van der Waals surface area contributed by atoms with Crippen LogP contribution < -0.4 is 0 Å². The summed E-state index contributed by atoms with van der Waals surface area (Å²) in [7, 11) is 0. The topological polar surface area (TPSA) is 23.6 Å². The van der Waals surface area contributed by atoms with E-state index in [1.165, 1.54) is 31.5 Å². The predicted octanol–water partition coefficient (Wildman–Crippen LogP) is 2.31. The lowest BCUT2D eigenvalue weighted by Gasteiger charge is -2.34. The fraction of sp³-hybridized carbons (Fsp3) is 0.588. The van der Waals surface area contributed by atoms with Crippen molar-refractivity contribution in [2.45, 2.75) is 25.7 Å². The number of hydrogen-bond acceptors (Lipinski definition) is 2. The Morgan fingerprint density at radius 3 is 2.38 bits per heavy atom. The first-order valence-electron chi connectivity index (χ1n) is 7.95. The minimum atomic E-state index is -0.225. The Labute approximate surface area is 125 Å². The van der Waals surface area contributed by atoms with Crippen molar-refractivity contribution in [2.75, 3.05) is 32.7 Å². The molecule has 1 saturated carbocycles. The molecule has 2 fully saturated rings. The molecule has 2 aliphatic rings.